The third kappa shape index (κ3) is 1.17. The summed E-state index contributed by atoms with van der Waals surface area (Å²) in [5.41, 5.74) is 7.35. The van der Waals surface area contributed by atoms with Crippen LogP contribution in [0.5, 0.6) is 11.5 Å². The van der Waals surface area contributed by atoms with E-state index in [-0.39, 0.29) is 23.9 Å². The van der Waals surface area contributed by atoms with Gasteiger partial charge in [-0.3, -0.25) is 0 Å². The molecule has 1 spiro atoms. The van der Waals surface area contributed by atoms with Crippen LogP contribution in [0, 0.1) is 0 Å². The highest BCUT2D eigenvalue weighted by Gasteiger charge is 2.72. The first-order chi connectivity index (χ1) is 10.5. The Kier molecular flexibility index (Phi) is 2.26. The highest BCUT2D eigenvalue weighted by Crippen LogP contribution is 2.64. The number of hydrogen-bond acceptors (Lipinski definition) is 5. The summed E-state index contributed by atoms with van der Waals surface area (Å²) >= 11 is 0. The molecule has 1 unspecified atom stereocenters. The average molecular weight is 302 g/mol. The number of benzene rings is 1. The van der Waals surface area contributed by atoms with Gasteiger partial charge in [0.1, 0.15) is 6.10 Å². The SMILES string of the molecule is CN1CC[C@]23c4c5ccc(O)c4O[C@H]2[C@H](N)CC[C@@]3(O)C1C5. The fourth-order valence-corrected chi connectivity index (χ4v) is 5.79. The second kappa shape index (κ2) is 3.78. The molecule has 1 aromatic rings. The zero-order chi connectivity index (χ0) is 15.3. The molecule has 118 valence electrons. The normalized spacial score (nSPS) is 45.3. The van der Waals surface area contributed by atoms with Crippen LogP contribution in [0.3, 0.4) is 0 Å². The lowest BCUT2D eigenvalue weighted by molar-refractivity contribution is -0.184. The Morgan fingerprint density at radius 2 is 2.18 bits per heavy atom. The van der Waals surface area contributed by atoms with Crippen molar-refractivity contribution in [1.29, 1.82) is 0 Å². The lowest BCUT2D eigenvalue weighted by Crippen LogP contribution is -2.77. The largest absolute Gasteiger partial charge is 0.504 e. The first-order valence-corrected chi connectivity index (χ1v) is 8.19. The van der Waals surface area contributed by atoms with Crippen LogP contribution in [0.25, 0.3) is 0 Å². The lowest BCUT2D eigenvalue weighted by Gasteiger charge is -2.63. The van der Waals surface area contributed by atoms with E-state index in [0.717, 1.165) is 31.4 Å². The van der Waals surface area contributed by atoms with Crippen LogP contribution in [0.1, 0.15) is 30.4 Å². The Morgan fingerprint density at radius 3 is 3.00 bits per heavy atom. The van der Waals surface area contributed by atoms with Gasteiger partial charge in [0.25, 0.3) is 0 Å². The Bertz CT molecular complexity index is 678. The molecule has 2 bridgehead atoms. The van der Waals surface area contributed by atoms with Crippen LogP contribution >= 0.6 is 0 Å². The van der Waals surface area contributed by atoms with E-state index >= 15 is 0 Å². The molecular formula is C17H22N2O3. The van der Waals surface area contributed by atoms with E-state index in [0.29, 0.717) is 12.2 Å². The number of aliphatic hydroxyl groups is 1. The number of nitrogens with zero attached hydrogens (tertiary/aromatic N) is 1. The third-order valence-electron chi connectivity index (χ3n) is 6.78. The molecule has 5 atom stereocenters. The summed E-state index contributed by atoms with van der Waals surface area (Å²) in [6.45, 7) is 0.925. The standard InChI is InChI=1S/C17H22N2O3/c1-19-7-6-16-13-9-2-3-11(20)14(13)22-15(16)10(18)4-5-17(16,21)12(19)8-9/h2-3,10,12,15,20-21H,4-8,18H2,1H3/t10-,12?,15+,16+,17-/m1/s1. The van der Waals surface area contributed by atoms with Crippen LogP contribution in [0.2, 0.25) is 0 Å². The summed E-state index contributed by atoms with van der Waals surface area (Å²) in [6, 6.07) is 3.71. The molecule has 4 aliphatic rings. The number of likely N-dealkylation sites (N-methyl/N-ethyl adjacent to an activating group) is 1. The van der Waals surface area contributed by atoms with Gasteiger partial charge in [0.15, 0.2) is 11.5 Å². The van der Waals surface area contributed by atoms with Gasteiger partial charge in [-0.25, -0.2) is 0 Å². The molecule has 1 aromatic carbocycles. The first kappa shape index (κ1) is 13.2. The number of rotatable bonds is 0. The van der Waals surface area contributed by atoms with Crippen molar-refractivity contribution in [3.05, 3.63) is 23.3 Å². The fraction of sp³-hybridized carbons (Fsp3) is 0.647. The van der Waals surface area contributed by atoms with Crippen molar-refractivity contribution in [3.8, 4) is 11.5 Å². The van der Waals surface area contributed by atoms with E-state index in [4.69, 9.17) is 10.5 Å². The number of phenols is 1. The Morgan fingerprint density at radius 1 is 1.36 bits per heavy atom. The minimum atomic E-state index is -0.813. The number of nitrogens with two attached hydrogens (primary N) is 1. The van der Waals surface area contributed by atoms with Crippen molar-refractivity contribution in [2.24, 2.45) is 5.73 Å². The molecule has 2 heterocycles. The van der Waals surface area contributed by atoms with E-state index in [9.17, 15) is 10.2 Å². The van der Waals surface area contributed by atoms with Crippen LogP contribution in [-0.2, 0) is 11.8 Å². The van der Waals surface area contributed by atoms with Gasteiger partial charge in [0.05, 0.1) is 11.0 Å². The molecule has 0 radical (unpaired) electrons. The molecule has 1 saturated carbocycles. The van der Waals surface area contributed by atoms with Gasteiger partial charge in [-0.2, -0.15) is 0 Å². The molecule has 1 saturated heterocycles. The predicted molar refractivity (Wildman–Crippen MR) is 81.1 cm³/mol. The Balaban J connectivity index is 1.86. The zero-order valence-corrected chi connectivity index (χ0v) is 12.7. The van der Waals surface area contributed by atoms with Crippen molar-refractivity contribution in [2.45, 2.75) is 54.9 Å². The monoisotopic (exact) mass is 302 g/mol. The van der Waals surface area contributed by atoms with Gasteiger partial charge in [0, 0.05) is 17.6 Å². The smallest absolute Gasteiger partial charge is 0.165 e. The summed E-state index contributed by atoms with van der Waals surface area (Å²) in [5.74, 6) is 0.746. The minimum Gasteiger partial charge on any atom is -0.504 e. The number of likely N-dealkylation sites (tertiary alicyclic amines) is 1. The number of aromatic hydroxyl groups is 1. The van der Waals surface area contributed by atoms with Gasteiger partial charge in [-0.15, -0.1) is 0 Å². The maximum atomic E-state index is 11.7. The van der Waals surface area contributed by atoms with E-state index < -0.39 is 11.0 Å². The summed E-state index contributed by atoms with van der Waals surface area (Å²) < 4.78 is 6.17. The van der Waals surface area contributed by atoms with E-state index in [1.807, 2.05) is 6.07 Å². The number of piperidine rings is 1. The van der Waals surface area contributed by atoms with Crippen LogP contribution in [-0.4, -0.2) is 52.5 Å². The first-order valence-electron chi connectivity index (χ1n) is 8.19. The summed E-state index contributed by atoms with van der Waals surface area (Å²) in [7, 11) is 2.10. The molecule has 0 amide bonds. The average Bonchev–Trinajstić information content (AvgIpc) is 2.85. The van der Waals surface area contributed by atoms with Gasteiger partial charge < -0.3 is 25.6 Å². The highest BCUT2D eigenvalue weighted by atomic mass is 16.5. The van der Waals surface area contributed by atoms with E-state index in [2.05, 4.69) is 11.9 Å². The molecule has 5 rings (SSSR count). The zero-order valence-electron chi connectivity index (χ0n) is 12.7. The topological polar surface area (TPSA) is 79.0 Å². The molecule has 0 aromatic heterocycles. The molecule has 2 aliphatic carbocycles. The highest BCUT2D eigenvalue weighted by molar-refractivity contribution is 5.62. The molecule has 4 N–H and O–H groups in total. The fourth-order valence-electron chi connectivity index (χ4n) is 5.79. The molecule has 5 heteroatoms. The second-order valence-electron chi connectivity index (χ2n) is 7.54. The molecule has 2 fully saturated rings. The molecular weight excluding hydrogens is 280 g/mol. The van der Waals surface area contributed by atoms with Gasteiger partial charge in [-0.05, 0) is 50.9 Å². The van der Waals surface area contributed by atoms with Crippen LogP contribution in [0.15, 0.2) is 12.1 Å². The quantitative estimate of drug-likeness (QED) is 0.650. The van der Waals surface area contributed by atoms with Gasteiger partial charge >= 0.3 is 0 Å². The Labute approximate surface area is 129 Å². The van der Waals surface area contributed by atoms with Crippen molar-refractivity contribution in [3.63, 3.8) is 0 Å². The second-order valence-corrected chi connectivity index (χ2v) is 7.54. The summed E-state index contributed by atoms with van der Waals surface area (Å²) in [4.78, 5) is 2.28. The van der Waals surface area contributed by atoms with Crippen molar-refractivity contribution in [1.82, 2.24) is 4.90 Å². The van der Waals surface area contributed by atoms with Crippen molar-refractivity contribution in [2.75, 3.05) is 13.6 Å². The van der Waals surface area contributed by atoms with Crippen molar-refractivity contribution < 1.29 is 14.9 Å². The predicted octanol–water partition coefficient (Wildman–Crippen LogP) is 0.503. The van der Waals surface area contributed by atoms with Gasteiger partial charge in [0.2, 0.25) is 0 Å². The summed E-state index contributed by atoms with van der Waals surface area (Å²) in [6.07, 6.45) is 2.88. The number of hydrogen-bond donors (Lipinski definition) is 3. The van der Waals surface area contributed by atoms with E-state index in [1.54, 1.807) is 6.07 Å². The third-order valence-corrected chi connectivity index (χ3v) is 6.78. The molecule has 22 heavy (non-hydrogen) atoms. The minimum absolute atomic E-state index is 0.0953. The number of phenolic OH excluding ortho intramolecular Hbond substituents is 1. The maximum absolute atomic E-state index is 11.7. The molecule has 5 nitrogen and oxygen atoms in total. The Hall–Kier alpha value is -1.30. The summed E-state index contributed by atoms with van der Waals surface area (Å²) in [5, 5.41) is 22.0. The maximum Gasteiger partial charge on any atom is 0.165 e. The molecule has 2 aliphatic heterocycles. The lowest BCUT2D eigenvalue weighted by atomic mass is 9.48. The van der Waals surface area contributed by atoms with Crippen LogP contribution < -0.4 is 10.5 Å². The van der Waals surface area contributed by atoms with E-state index in [1.165, 1.54) is 5.56 Å². The van der Waals surface area contributed by atoms with Gasteiger partial charge in [-0.1, -0.05) is 6.07 Å². The van der Waals surface area contributed by atoms with Crippen LogP contribution in [0.4, 0.5) is 0 Å². The van der Waals surface area contributed by atoms with Crippen molar-refractivity contribution >= 4 is 0 Å². The number of ether oxygens (including phenoxy) is 1.